The van der Waals surface area contributed by atoms with E-state index in [9.17, 15) is 9.59 Å². The molecule has 0 spiro atoms. The van der Waals surface area contributed by atoms with Crippen molar-refractivity contribution < 1.29 is 14.3 Å². The van der Waals surface area contributed by atoms with Gasteiger partial charge < -0.3 is 9.64 Å². The number of para-hydroxylation sites is 2. The van der Waals surface area contributed by atoms with Gasteiger partial charge in [-0.25, -0.2) is 0 Å². The summed E-state index contributed by atoms with van der Waals surface area (Å²) in [4.78, 5) is 30.7. The van der Waals surface area contributed by atoms with Crippen LogP contribution in [0.4, 0.5) is 5.69 Å². The van der Waals surface area contributed by atoms with Gasteiger partial charge in [0.1, 0.15) is 5.75 Å². The summed E-state index contributed by atoms with van der Waals surface area (Å²) in [6, 6.07) is 17.8. The highest BCUT2D eigenvalue weighted by Crippen LogP contribution is 2.28. The monoisotopic (exact) mass is 429 g/mol. The van der Waals surface area contributed by atoms with Gasteiger partial charge in [-0.05, 0) is 17.7 Å². The Kier molecular flexibility index (Phi) is 6.88. The minimum absolute atomic E-state index is 0.133. The van der Waals surface area contributed by atoms with Crippen LogP contribution in [0.3, 0.4) is 0 Å². The van der Waals surface area contributed by atoms with Crippen LogP contribution >= 0.6 is 0 Å². The van der Waals surface area contributed by atoms with Gasteiger partial charge in [0.25, 0.3) is 11.8 Å². The van der Waals surface area contributed by atoms with Crippen molar-refractivity contribution in [1.29, 1.82) is 0 Å². The first-order valence-corrected chi connectivity index (χ1v) is 10.8. The first-order valence-electron chi connectivity index (χ1n) is 10.8. The Morgan fingerprint density at radius 1 is 0.875 bits per heavy atom. The number of methoxy groups -OCH3 is 1. The number of nitrogens with zero attached hydrogens (tertiary/aromatic N) is 3. The molecule has 0 aromatic heterocycles. The second-order valence-electron chi connectivity index (χ2n) is 7.85. The van der Waals surface area contributed by atoms with Crippen LogP contribution in [-0.4, -0.2) is 68.0 Å². The molecule has 0 aliphatic carbocycles. The van der Waals surface area contributed by atoms with Gasteiger partial charge in [0, 0.05) is 44.2 Å². The SMILES string of the molecule is COc1ccccc1N1CCN(CC#CCN2C(=O)C=C(Cc3ccccc3)C2=O)CC1. The number of carbonyl (C=O) groups excluding carboxylic acids is 2. The molecule has 0 saturated carbocycles. The van der Waals surface area contributed by atoms with E-state index in [0.29, 0.717) is 18.5 Å². The van der Waals surface area contributed by atoms with Crippen LogP contribution in [0.25, 0.3) is 0 Å². The van der Waals surface area contributed by atoms with Crippen molar-refractivity contribution in [2.75, 3.05) is 51.3 Å². The van der Waals surface area contributed by atoms with Gasteiger partial charge in [-0.15, -0.1) is 0 Å². The van der Waals surface area contributed by atoms with E-state index in [0.717, 1.165) is 43.2 Å². The van der Waals surface area contributed by atoms with Crippen molar-refractivity contribution in [2.24, 2.45) is 0 Å². The van der Waals surface area contributed by atoms with E-state index in [1.165, 1.54) is 11.0 Å². The third-order valence-electron chi connectivity index (χ3n) is 5.78. The molecule has 1 saturated heterocycles. The van der Waals surface area contributed by atoms with Crippen molar-refractivity contribution in [1.82, 2.24) is 9.80 Å². The van der Waals surface area contributed by atoms with E-state index < -0.39 is 0 Å². The minimum Gasteiger partial charge on any atom is -0.495 e. The lowest BCUT2D eigenvalue weighted by atomic mass is 10.1. The van der Waals surface area contributed by atoms with Gasteiger partial charge in [-0.3, -0.25) is 19.4 Å². The predicted octanol–water partition coefficient (Wildman–Crippen LogP) is 2.36. The second-order valence-corrected chi connectivity index (χ2v) is 7.85. The molecule has 2 heterocycles. The Bertz CT molecular complexity index is 1060. The second kappa shape index (κ2) is 10.2. The van der Waals surface area contributed by atoms with Crippen LogP contribution in [0.15, 0.2) is 66.2 Å². The molecule has 0 radical (unpaired) electrons. The first kappa shape index (κ1) is 21.7. The molecule has 32 heavy (non-hydrogen) atoms. The molecular weight excluding hydrogens is 402 g/mol. The largest absolute Gasteiger partial charge is 0.495 e. The molecule has 6 heteroatoms. The molecule has 2 aliphatic rings. The molecule has 0 bridgehead atoms. The lowest BCUT2D eigenvalue weighted by Gasteiger charge is -2.35. The van der Waals surface area contributed by atoms with Gasteiger partial charge >= 0.3 is 0 Å². The predicted molar refractivity (Wildman–Crippen MR) is 124 cm³/mol. The van der Waals surface area contributed by atoms with E-state index in [1.807, 2.05) is 48.5 Å². The van der Waals surface area contributed by atoms with Gasteiger partial charge in [-0.2, -0.15) is 0 Å². The molecule has 164 valence electrons. The highest BCUT2D eigenvalue weighted by atomic mass is 16.5. The number of hydrogen-bond acceptors (Lipinski definition) is 5. The Balaban J connectivity index is 1.24. The lowest BCUT2D eigenvalue weighted by Crippen LogP contribution is -2.46. The fourth-order valence-corrected chi connectivity index (χ4v) is 3.99. The fraction of sp³-hybridized carbons (Fsp3) is 0.308. The van der Waals surface area contributed by atoms with E-state index in [2.05, 4.69) is 27.7 Å². The van der Waals surface area contributed by atoms with Crippen LogP contribution in [0.2, 0.25) is 0 Å². The van der Waals surface area contributed by atoms with Crippen LogP contribution < -0.4 is 9.64 Å². The summed E-state index contributed by atoms with van der Waals surface area (Å²) in [6.45, 7) is 4.36. The van der Waals surface area contributed by atoms with Crippen molar-refractivity contribution >= 4 is 17.5 Å². The highest BCUT2D eigenvalue weighted by Gasteiger charge is 2.30. The van der Waals surface area contributed by atoms with Crippen LogP contribution in [0, 0.1) is 11.8 Å². The van der Waals surface area contributed by atoms with Crippen molar-refractivity contribution in [2.45, 2.75) is 6.42 Å². The summed E-state index contributed by atoms with van der Waals surface area (Å²) in [5.74, 6) is 6.51. The topological polar surface area (TPSA) is 53.1 Å². The average molecular weight is 430 g/mol. The minimum atomic E-state index is -0.277. The van der Waals surface area contributed by atoms with E-state index in [4.69, 9.17) is 4.74 Å². The smallest absolute Gasteiger partial charge is 0.258 e. The summed E-state index contributed by atoms with van der Waals surface area (Å²) in [5.41, 5.74) is 2.65. The Hall–Kier alpha value is -3.56. The standard InChI is InChI=1S/C26H27N3O3/c1-32-24-12-6-5-11-23(24)28-17-15-27(16-18-28)13-7-8-14-29-25(30)20-22(26(29)31)19-21-9-3-2-4-10-21/h2-6,9-12,20H,13-19H2,1H3. The number of rotatable bonds is 6. The molecule has 0 atom stereocenters. The molecule has 2 amide bonds. The highest BCUT2D eigenvalue weighted by molar-refractivity contribution is 6.16. The molecule has 1 fully saturated rings. The van der Waals surface area contributed by atoms with E-state index in [-0.39, 0.29) is 18.4 Å². The van der Waals surface area contributed by atoms with Gasteiger partial charge in [-0.1, -0.05) is 54.3 Å². The summed E-state index contributed by atoms with van der Waals surface area (Å²) < 4.78 is 5.47. The average Bonchev–Trinajstić information content (AvgIpc) is 3.10. The maximum absolute atomic E-state index is 12.6. The Morgan fingerprint density at radius 3 is 2.31 bits per heavy atom. The molecule has 2 aliphatic heterocycles. The molecule has 0 unspecified atom stereocenters. The summed E-state index contributed by atoms with van der Waals surface area (Å²) in [7, 11) is 1.70. The Labute approximate surface area is 189 Å². The number of benzene rings is 2. The normalized spacial score (nSPS) is 16.6. The summed E-state index contributed by atoms with van der Waals surface area (Å²) in [6.07, 6.45) is 1.90. The van der Waals surface area contributed by atoms with Crippen molar-refractivity contribution in [3.05, 3.63) is 71.8 Å². The van der Waals surface area contributed by atoms with Crippen LogP contribution in [0.5, 0.6) is 5.75 Å². The zero-order valence-corrected chi connectivity index (χ0v) is 18.3. The lowest BCUT2D eigenvalue weighted by molar-refractivity contribution is -0.136. The maximum atomic E-state index is 12.6. The number of amides is 2. The number of hydrogen-bond donors (Lipinski definition) is 0. The van der Waals surface area contributed by atoms with Gasteiger partial charge in [0.15, 0.2) is 0 Å². The third-order valence-corrected chi connectivity index (χ3v) is 5.78. The number of imide groups is 1. The number of anilines is 1. The molecule has 6 nitrogen and oxygen atoms in total. The summed E-state index contributed by atoms with van der Waals surface area (Å²) >= 11 is 0. The van der Waals surface area contributed by atoms with E-state index >= 15 is 0 Å². The van der Waals surface area contributed by atoms with Gasteiger partial charge in [0.05, 0.1) is 25.9 Å². The summed E-state index contributed by atoms with van der Waals surface area (Å²) in [5, 5.41) is 0. The van der Waals surface area contributed by atoms with E-state index in [1.54, 1.807) is 7.11 Å². The zero-order chi connectivity index (χ0) is 22.3. The number of piperazine rings is 1. The van der Waals surface area contributed by atoms with Crippen molar-refractivity contribution in [3.8, 4) is 17.6 Å². The zero-order valence-electron chi connectivity index (χ0n) is 18.3. The Morgan fingerprint density at radius 2 is 1.56 bits per heavy atom. The molecular formula is C26H27N3O3. The fourth-order valence-electron chi connectivity index (χ4n) is 3.99. The third kappa shape index (κ3) is 5.01. The molecule has 2 aromatic rings. The number of carbonyl (C=O) groups is 2. The molecule has 0 N–H and O–H groups in total. The van der Waals surface area contributed by atoms with Gasteiger partial charge in [0.2, 0.25) is 0 Å². The molecule has 4 rings (SSSR count). The first-order chi connectivity index (χ1) is 15.7. The van der Waals surface area contributed by atoms with Crippen LogP contribution in [0.1, 0.15) is 5.56 Å². The van der Waals surface area contributed by atoms with Crippen molar-refractivity contribution in [3.63, 3.8) is 0 Å². The maximum Gasteiger partial charge on any atom is 0.258 e. The number of ether oxygens (including phenoxy) is 1. The van der Waals surface area contributed by atoms with Crippen LogP contribution in [-0.2, 0) is 16.0 Å². The molecule has 2 aromatic carbocycles. The quantitative estimate of drug-likeness (QED) is 0.521.